The summed E-state index contributed by atoms with van der Waals surface area (Å²) in [5, 5.41) is 3.48. The van der Waals surface area contributed by atoms with Crippen LogP contribution in [0.2, 0.25) is 0 Å². The van der Waals surface area contributed by atoms with Crippen molar-refractivity contribution in [3.8, 4) is 0 Å². The summed E-state index contributed by atoms with van der Waals surface area (Å²) in [5.74, 6) is 1.97. The molecule has 0 radical (unpaired) electrons. The molecule has 21 heavy (non-hydrogen) atoms. The molecule has 0 aromatic rings. The molecule has 2 fully saturated rings. The standard InChI is InChI=1S/C17H34N4/c1-4-18-17(21-12-8-9-13-21)19-14-16(20(2)3)15-10-6-5-7-11-15/h15-16H,4-14H2,1-3H3,(H,18,19). The Hall–Kier alpha value is -0.770. The molecule has 2 aliphatic rings. The number of likely N-dealkylation sites (N-methyl/N-ethyl adjacent to an activating group) is 1. The van der Waals surface area contributed by atoms with E-state index in [2.05, 4.69) is 36.1 Å². The quantitative estimate of drug-likeness (QED) is 0.624. The highest BCUT2D eigenvalue weighted by Crippen LogP contribution is 2.28. The van der Waals surface area contributed by atoms with Crippen LogP contribution in [0.25, 0.3) is 0 Å². The van der Waals surface area contributed by atoms with Crippen molar-refractivity contribution in [2.75, 3.05) is 40.3 Å². The Morgan fingerprint density at radius 3 is 2.38 bits per heavy atom. The number of aliphatic imine (C=N–C) groups is 1. The molecule has 1 atom stereocenters. The summed E-state index contributed by atoms with van der Waals surface area (Å²) in [4.78, 5) is 9.81. The average Bonchev–Trinajstić information content (AvgIpc) is 3.01. The van der Waals surface area contributed by atoms with Gasteiger partial charge in [0.1, 0.15) is 0 Å². The molecular weight excluding hydrogens is 260 g/mol. The zero-order valence-corrected chi connectivity index (χ0v) is 14.3. The second kappa shape index (κ2) is 8.62. The summed E-state index contributed by atoms with van der Waals surface area (Å²) in [6, 6.07) is 0.599. The Bertz CT molecular complexity index is 315. The predicted molar refractivity (Wildman–Crippen MR) is 90.8 cm³/mol. The highest BCUT2D eigenvalue weighted by atomic mass is 15.3. The van der Waals surface area contributed by atoms with Gasteiger partial charge in [-0.3, -0.25) is 4.99 Å². The first kappa shape index (κ1) is 16.6. The number of hydrogen-bond acceptors (Lipinski definition) is 2. The van der Waals surface area contributed by atoms with Crippen LogP contribution in [0.5, 0.6) is 0 Å². The number of rotatable bonds is 5. The zero-order valence-electron chi connectivity index (χ0n) is 14.3. The summed E-state index contributed by atoms with van der Waals surface area (Å²) in [6.45, 7) is 6.40. The van der Waals surface area contributed by atoms with E-state index in [-0.39, 0.29) is 0 Å². The smallest absolute Gasteiger partial charge is 0.193 e. The van der Waals surface area contributed by atoms with Crippen molar-refractivity contribution >= 4 is 5.96 Å². The molecule has 4 nitrogen and oxygen atoms in total. The van der Waals surface area contributed by atoms with Gasteiger partial charge in [-0.25, -0.2) is 0 Å². The van der Waals surface area contributed by atoms with Crippen molar-refractivity contribution in [2.45, 2.75) is 57.9 Å². The molecule has 0 spiro atoms. The van der Waals surface area contributed by atoms with E-state index in [4.69, 9.17) is 4.99 Å². The van der Waals surface area contributed by atoms with Crippen molar-refractivity contribution in [1.29, 1.82) is 0 Å². The molecule has 0 bridgehead atoms. The molecule has 1 aliphatic carbocycles. The lowest BCUT2D eigenvalue weighted by atomic mass is 9.83. The molecule has 2 rings (SSSR count). The first-order chi connectivity index (χ1) is 10.2. The Morgan fingerprint density at radius 2 is 1.81 bits per heavy atom. The molecule has 1 N–H and O–H groups in total. The third-order valence-corrected chi connectivity index (χ3v) is 5.03. The van der Waals surface area contributed by atoms with Crippen LogP contribution >= 0.6 is 0 Å². The van der Waals surface area contributed by atoms with E-state index in [1.165, 1.54) is 58.0 Å². The van der Waals surface area contributed by atoms with E-state index in [0.717, 1.165) is 25.0 Å². The van der Waals surface area contributed by atoms with E-state index >= 15 is 0 Å². The average molecular weight is 294 g/mol. The Balaban J connectivity index is 1.97. The minimum atomic E-state index is 0.599. The van der Waals surface area contributed by atoms with Crippen molar-refractivity contribution < 1.29 is 0 Å². The van der Waals surface area contributed by atoms with Crippen molar-refractivity contribution in [1.82, 2.24) is 15.1 Å². The maximum absolute atomic E-state index is 4.98. The van der Waals surface area contributed by atoms with Crippen LogP contribution in [-0.4, -0.2) is 62.1 Å². The molecule has 1 aliphatic heterocycles. The molecule has 1 heterocycles. The summed E-state index contributed by atoms with van der Waals surface area (Å²) >= 11 is 0. The summed E-state index contributed by atoms with van der Waals surface area (Å²) in [7, 11) is 4.44. The molecule has 0 amide bonds. The van der Waals surface area contributed by atoms with Crippen LogP contribution in [0.1, 0.15) is 51.9 Å². The highest BCUT2D eigenvalue weighted by molar-refractivity contribution is 5.80. The van der Waals surface area contributed by atoms with Gasteiger partial charge in [0.2, 0.25) is 0 Å². The van der Waals surface area contributed by atoms with Gasteiger partial charge in [0, 0.05) is 25.7 Å². The molecule has 1 unspecified atom stereocenters. The predicted octanol–water partition coefficient (Wildman–Crippen LogP) is 2.56. The Morgan fingerprint density at radius 1 is 1.14 bits per heavy atom. The first-order valence-electron chi connectivity index (χ1n) is 8.92. The molecule has 4 heteroatoms. The van der Waals surface area contributed by atoms with E-state index in [9.17, 15) is 0 Å². The number of nitrogens with zero attached hydrogens (tertiary/aromatic N) is 3. The molecular formula is C17H34N4. The minimum Gasteiger partial charge on any atom is -0.357 e. The van der Waals surface area contributed by atoms with Gasteiger partial charge in [0.15, 0.2) is 5.96 Å². The lowest BCUT2D eigenvalue weighted by Crippen LogP contribution is -2.43. The third-order valence-electron chi connectivity index (χ3n) is 5.03. The van der Waals surface area contributed by atoms with Crippen molar-refractivity contribution in [3.05, 3.63) is 0 Å². The summed E-state index contributed by atoms with van der Waals surface area (Å²) in [5.41, 5.74) is 0. The van der Waals surface area contributed by atoms with Gasteiger partial charge >= 0.3 is 0 Å². The monoisotopic (exact) mass is 294 g/mol. The largest absolute Gasteiger partial charge is 0.357 e. The maximum Gasteiger partial charge on any atom is 0.193 e. The maximum atomic E-state index is 4.98. The number of nitrogens with one attached hydrogen (secondary N) is 1. The minimum absolute atomic E-state index is 0.599. The van der Waals surface area contributed by atoms with E-state index in [1.54, 1.807) is 0 Å². The Labute approximate surface area is 131 Å². The molecule has 0 aromatic carbocycles. The van der Waals surface area contributed by atoms with Crippen molar-refractivity contribution in [3.63, 3.8) is 0 Å². The van der Waals surface area contributed by atoms with Crippen LogP contribution in [0.15, 0.2) is 4.99 Å². The Kier molecular flexibility index (Phi) is 6.81. The fourth-order valence-corrected chi connectivity index (χ4v) is 3.79. The fourth-order valence-electron chi connectivity index (χ4n) is 3.79. The lowest BCUT2D eigenvalue weighted by molar-refractivity contribution is 0.175. The van der Waals surface area contributed by atoms with Gasteiger partial charge in [-0.05, 0) is 52.6 Å². The molecule has 1 saturated carbocycles. The summed E-state index contributed by atoms with van der Waals surface area (Å²) < 4.78 is 0. The zero-order chi connectivity index (χ0) is 15.1. The molecule has 1 saturated heterocycles. The van der Waals surface area contributed by atoms with Gasteiger partial charge in [0.25, 0.3) is 0 Å². The first-order valence-corrected chi connectivity index (χ1v) is 8.92. The second-order valence-corrected chi connectivity index (χ2v) is 6.82. The molecule has 122 valence electrons. The normalized spacial score (nSPS) is 22.9. The second-order valence-electron chi connectivity index (χ2n) is 6.82. The van der Waals surface area contributed by atoms with E-state index in [1.807, 2.05) is 0 Å². The van der Waals surface area contributed by atoms with Crippen LogP contribution < -0.4 is 5.32 Å². The van der Waals surface area contributed by atoms with Gasteiger partial charge in [0.05, 0.1) is 6.54 Å². The van der Waals surface area contributed by atoms with Crippen LogP contribution in [0.4, 0.5) is 0 Å². The number of guanidine groups is 1. The third kappa shape index (κ3) is 4.87. The van der Waals surface area contributed by atoms with Gasteiger partial charge in [-0.2, -0.15) is 0 Å². The van der Waals surface area contributed by atoms with Gasteiger partial charge < -0.3 is 15.1 Å². The number of likely N-dealkylation sites (tertiary alicyclic amines) is 1. The summed E-state index contributed by atoms with van der Waals surface area (Å²) in [6.07, 6.45) is 9.64. The SMILES string of the molecule is CCNC(=NCC(C1CCCCC1)N(C)C)N1CCCC1. The van der Waals surface area contributed by atoms with Gasteiger partial charge in [-0.15, -0.1) is 0 Å². The fraction of sp³-hybridized carbons (Fsp3) is 0.941. The number of hydrogen-bond donors (Lipinski definition) is 1. The highest BCUT2D eigenvalue weighted by Gasteiger charge is 2.25. The van der Waals surface area contributed by atoms with Gasteiger partial charge in [-0.1, -0.05) is 19.3 Å². The van der Waals surface area contributed by atoms with Crippen LogP contribution in [0, 0.1) is 5.92 Å². The van der Waals surface area contributed by atoms with Crippen molar-refractivity contribution in [2.24, 2.45) is 10.9 Å². The van der Waals surface area contributed by atoms with E-state index in [0.29, 0.717) is 6.04 Å². The van der Waals surface area contributed by atoms with Crippen LogP contribution in [-0.2, 0) is 0 Å². The topological polar surface area (TPSA) is 30.9 Å². The molecule has 0 aromatic heterocycles. The van der Waals surface area contributed by atoms with Crippen LogP contribution in [0.3, 0.4) is 0 Å². The van der Waals surface area contributed by atoms with E-state index < -0.39 is 0 Å². The lowest BCUT2D eigenvalue weighted by Gasteiger charge is -2.34.